The van der Waals surface area contributed by atoms with Crippen LogP contribution in [0.15, 0.2) is 364 Å². The highest BCUT2D eigenvalue weighted by atomic mass is 15.2. The Kier molecular flexibility index (Phi) is 22.2. The molecule has 0 unspecified atom stereocenters. The maximum Gasteiger partial charge on any atom is 0.252 e. The monoisotopic (exact) mass is 1860 g/mol. The topological polar surface area (TPSA) is 16.3 Å². The van der Waals surface area contributed by atoms with Gasteiger partial charge in [-0.3, -0.25) is 0 Å². The fourth-order valence-electron chi connectivity index (χ4n) is 22.6. The van der Waals surface area contributed by atoms with Crippen LogP contribution in [0.2, 0.25) is 0 Å². The summed E-state index contributed by atoms with van der Waals surface area (Å²) in [5, 5.41) is 4.40. The van der Waals surface area contributed by atoms with E-state index < -0.39 is 42.1 Å². The van der Waals surface area contributed by atoms with Crippen molar-refractivity contribution in [2.45, 2.75) is 190 Å². The van der Waals surface area contributed by atoms with Gasteiger partial charge in [-0.15, -0.1) is 0 Å². The molecule has 0 saturated carbocycles. The Bertz CT molecular complexity index is 7570. The largest absolute Gasteiger partial charge is 0.310 e. The summed E-state index contributed by atoms with van der Waals surface area (Å²) >= 11 is 0. The standard InChI is InChI=1S/C137H137BN4/c1-131(2,3)82-89-38-34-50-104(66-89)110-70-93(86-135(13,14)15)71-111(105-51-35-39-90(67-105)83-132(4,5)6)129(110)141-124-80-108(139-120-62-54-100(96-42-26-22-27-43-96)76-114(120)115-77-101(55-63-121(115)139)97-44-28-23-29-45-97)58-60-118(124)138-119-61-59-109(140-122-64-56-102(98-46-30-24-31-47-98)78-116(122)117-79-103(57-65-123(117)140)99-48-32-25-33-49-99)81-125(119)142(127-75-95(88-137(19,20)21)74-126(141)128(127)138)130-112(106-52-36-40-91(68-106)84-133(7,8)9)72-94(87-136(16,17)18)73-113(130)107-53-37-41-92(69-107)85-134(10,11)12/h22-81H,82-88H2,1-21H3/i86D2,87D2,88D2. The second kappa shape index (κ2) is 36.2. The van der Waals surface area contributed by atoms with Crippen LogP contribution in [0.4, 0.5) is 34.1 Å². The molecule has 4 nitrogen and oxygen atoms in total. The summed E-state index contributed by atoms with van der Waals surface area (Å²) in [6.45, 7) is 45.2. The predicted octanol–water partition coefficient (Wildman–Crippen LogP) is 36.4. The minimum atomic E-state index is -2.10. The van der Waals surface area contributed by atoms with E-state index in [0.29, 0.717) is 16.7 Å². The highest BCUT2D eigenvalue weighted by Crippen LogP contribution is 2.57. The van der Waals surface area contributed by atoms with Gasteiger partial charge in [0.2, 0.25) is 0 Å². The molecule has 5 heteroatoms. The maximum atomic E-state index is 11.5. The predicted molar refractivity (Wildman–Crippen MR) is 615 cm³/mol. The molecule has 4 heterocycles. The molecular formula is C137H137BN4. The Morgan fingerprint density at radius 1 is 0.204 bits per heavy atom. The molecule has 2 aliphatic heterocycles. The third-order valence-electron chi connectivity index (χ3n) is 27.6. The van der Waals surface area contributed by atoms with Crippen LogP contribution in [0, 0.1) is 37.9 Å². The van der Waals surface area contributed by atoms with E-state index in [9.17, 15) is 8.22 Å². The van der Waals surface area contributed by atoms with Crippen molar-refractivity contribution in [1.29, 1.82) is 0 Å². The molecular weight excluding hydrogens is 1710 g/mol. The minimum Gasteiger partial charge on any atom is -0.310 e. The lowest BCUT2D eigenvalue weighted by atomic mass is 9.33. The third kappa shape index (κ3) is 19.3. The molecule has 0 radical (unpaired) electrons. The zero-order valence-corrected chi connectivity index (χ0v) is 86.8. The number of nitrogens with zero attached hydrogens (tertiary/aromatic N) is 4. The van der Waals surface area contributed by atoms with Crippen LogP contribution in [0.25, 0.3) is 144 Å². The van der Waals surface area contributed by atoms with Gasteiger partial charge < -0.3 is 18.9 Å². The van der Waals surface area contributed by atoms with Gasteiger partial charge in [0.15, 0.2) is 0 Å². The normalized spacial score (nSPS) is 14.0. The van der Waals surface area contributed by atoms with Crippen molar-refractivity contribution >= 4 is 101 Å². The highest BCUT2D eigenvalue weighted by molar-refractivity contribution is 7.00. The van der Waals surface area contributed by atoms with E-state index in [1.165, 1.54) is 0 Å². The molecule has 708 valence electrons. The number of anilines is 6. The van der Waals surface area contributed by atoms with Gasteiger partial charge >= 0.3 is 0 Å². The number of fused-ring (bicyclic) bond motifs is 10. The molecule has 0 bridgehead atoms. The van der Waals surface area contributed by atoms with Gasteiger partial charge in [-0.1, -0.05) is 400 Å². The molecule has 0 atom stereocenters. The molecule has 0 N–H and O–H groups in total. The first-order chi connectivity index (χ1) is 70.0. The second-order valence-electron chi connectivity index (χ2n) is 48.3. The first-order valence-corrected chi connectivity index (χ1v) is 51.2. The lowest BCUT2D eigenvalue weighted by Gasteiger charge is -2.46. The summed E-state index contributed by atoms with van der Waals surface area (Å²) in [6.07, 6.45) is -2.89. The lowest BCUT2D eigenvalue weighted by Crippen LogP contribution is -2.61. The fourth-order valence-corrected chi connectivity index (χ4v) is 22.6. The Morgan fingerprint density at radius 2 is 0.451 bits per heavy atom. The van der Waals surface area contributed by atoms with E-state index in [0.717, 1.165) is 242 Å². The molecule has 2 aliphatic rings. The molecule has 0 aliphatic carbocycles. The Labute approximate surface area is 853 Å². The van der Waals surface area contributed by atoms with Crippen molar-refractivity contribution < 1.29 is 8.22 Å². The molecule has 142 heavy (non-hydrogen) atoms. The number of rotatable bonds is 19. The molecule has 0 saturated heterocycles. The summed E-state index contributed by atoms with van der Waals surface area (Å²) in [6, 6.07) is 134. The van der Waals surface area contributed by atoms with E-state index in [2.05, 4.69) is 466 Å². The van der Waals surface area contributed by atoms with E-state index in [1.807, 2.05) is 62.3 Å². The molecule has 0 amide bonds. The minimum absolute atomic E-state index is 0.123. The average molecular weight is 1860 g/mol. The number of hydrogen-bond acceptors (Lipinski definition) is 2. The van der Waals surface area contributed by atoms with Crippen molar-refractivity contribution in [2.75, 3.05) is 9.80 Å². The molecule has 2 aromatic heterocycles. The Hall–Kier alpha value is -14.0. The van der Waals surface area contributed by atoms with E-state index >= 15 is 0 Å². The molecule has 21 rings (SSSR count). The van der Waals surface area contributed by atoms with Crippen molar-refractivity contribution in [1.82, 2.24) is 9.13 Å². The van der Waals surface area contributed by atoms with Crippen LogP contribution < -0.4 is 26.2 Å². The summed E-state index contributed by atoms with van der Waals surface area (Å²) in [5.41, 5.74) is 32.4. The van der Waals surface area contributed by atoms with Gasteiger partial charge in [-0.2, -0.15) is 0 Å². The van der Waals surface area contributed by atoms with Crippen LogP contribution in [0.3, 0.4) is 0 Å². The van der Waals surface area contributed by atoms with Crippen LogP contribution in [-0.4, -0.2) is 15.8 Å². The SMILES string of the molecule is [2H]C([2H])(c1cc(-c2cccc(CC(C)(C)C)c2)c(N2c3cc(-n4c5ccc(-c6ccccc6)cc5c5cc(-c6ccccc6)ccc54)ccc3B3c4ccc(-n5c6ccc(-c7ccccc7)cc6c6cc(-c7ccccc7)ccc65)cc4N(c4c(-c5cccc(CC(C)(C)C)c5)cc(C([2H])([2H])C(C)(C)C)cc4-c4cccc(CC(C)(C)C)c4)c4cc(C([2H])([2H])C(C)(C)C)cc2c43)c(-c2cccc(CC(C)(C)C)c2)c1)C(C)(C)C. The van der Waals surface area contributed by atoms with Crippen LogP contribution >= 0.6 is 0 Å². The fraction of sp³-hybridized carbons (Fsp3) is 0.255. The van der Waals surface area contributed by atoms with Crippen molar-refractivity contribution in [3.63, 3.8) is 0 Å². The van der Waals surface area contributed by atoms with Gasteiger partial charge in [0.1, 0.15) is 0 Å². The molecule has 0 spiro atoms. The number of benzene rings is 17. The van der Waals surface area contributed by atoms with E-state index in [-0.39, 0.29) is 21.7 Å². The van der Waals surface area contributed by atoms with Crippen LogP contribution in [0.1, 0.15) is 193 Å². The summed E-state index contributed by atoms with van der Waals surface area (Å²) in [7, 11) is 0. The van der Waals surface area contributed by atoms with Crippen LogP contribution in [-0.2, 0) is 44.8 Å². The smallest absolute Gasteiger partial charge is 0.252 e. The first-order valence-electron chi connectivity index (χ1n) is 54.2. The van der Waals surface area contributed by atoms with Crippen LogP contribution in [0.5, 0.6) is 0 Å². The van der Waals surface area contributed by atoms with Crippen molar-refractivity contribution in [2.24, 2.45) is 37.9 Å². The molecule has 0 fully saturated rings. The lowest BCUT2D eigenvalue weighted by molar-refractivity contribution is 0.410. The first kappa shape index (κ1) is 87.1. The molecule has 19 aromatic rings. The summed E-state index contributed by atoms with van der Waals surface area (Å²) in [5.74, 6) is 0. The van der Waals surface area contributed by atoms with Gasteiger partial charge in [-0.05, 0) is 314 Å². The zero-order valence-electron chi connectivity index (χ0n) is 92.8. The van der Waals surface area contributed by atoms with E-state index in [1.54, 1.807) is 0 Å². The Morgan fingerprint density at radius 3 is 0.697 bits per heavy atom. The Balaban J connectivity index is 0.980. The highest BCUT2D eigenvalue weighted by Gasteiger charge is 2.47. The quantitative estimate of drug-likeness (QED) is 0.0750. The maximum absolute atomic E-state index is 11.5. The molecule has 17 aromatic carbocycles. The van der Waals surface area contributed by atoms with Gasteiger partial charge in [0.05, 0.1) is 33.4 Å². The van der Waals surface area contributed by atoms with E-state index in [4.69, 9.17) is 0 Å². The average Bonchev–Trinajstić information content (AvgIpc) is 0.752. The van der Waals surface area contributed by atoms with Gasteiger partial charge in [0, 0.05) is 86.1 Å². The van der Waals surface area contributed by atoms with Crippen molar-refractivity contribution in [3.8, 4) is 100 Å². The van der Waals surface area contributed by atoms with Gasteiger partial charge in [-0.25, -0.2) is 0 Å². The second-order valence-corrected chi connectivity index (χ2v) is 48.3. The zero-order chi connectivity index (χ0) is 104. The third-order valence-corrected chi connectivity index (χ3v) is 27.6. The summed E-state index contributed by atoms with van der Waals surface area (Å²) < 4.78 is 71.2. The van der Waals surface area contributed by atoms with Crippen molar-refractivity contribution in [3.05, 3.63) is 403 Å². The summed E-state index contributed by atoms with van der Waals surface area (Å²) in [4.78, 5) is 5.08. The number of aromatic nitrogens is 2. The van der Waals surface area contributed by atoms with Gasteiger partial charge in [0.25, 0.3) is 6.71 Å². The number of hydrogen-bond donors (Lipinski definition) is 0.